The minimum Gasteiger partial charge on any atom is -0.411 e. The van der Waals surface area contributed by atoms with Gasteiger partial charge in [0.1, 0.15) is 0 Å². The van der Waals surface area contributed by atoms with Gasteiger partial charge in [-0.2, -0.15) is 0 Å². The quantitative estimate of drug-likeness (QED) is 0.670. The lowest BCUT2D eigenvalue weighted by molar-refractivity contribution is 0.181. The fourth-order valence-electron chi connectivity index (χ4n) is 4.58. The first-order valence-corrected chi connectivity index (χ1v) is 8.12. The molecule has 0 amide bonds. The Kier molecular flexibility index (Phi) is 3.34. The largest absolute Gasteiger partial charge is 0.411 e. The van der Waals surface area contributed by atoms with Crippen LogP contribution in [0.1, 0.15) is 19.3 Å². The van der Waals surface area contributed by atoms with E-state index < -0.39 is 0 Å². The van der Waals surface area contributed by atoms with Crippen molar-refractivity contribution in [1.29, 1.82) is 0 Å². The first-order chi connectivity index (χ1) is 10.4. The van der Waals surface area contributed by atoms with Crippen molar-refractivity contribution in [1.82, 2.24) is 4.90 Å². The van der Waals surface area contributed by atoms with Crippen LogP contribution in [0.5, 0.6) is 0 Å². The molecule has 0 radical (unpaired) electrons. The van der Waals surface area contributed by atoms with Crippen LogP contribution < -0.4 is 4.90 Å². The van der Waals surface area contributed by atoms with Crippen LogP contribution in [0, 0.1) is 11.8 Å². The predicted octanol–water partition coefficient (Wildman–Crippen LogP) is 2.44. The van der Waals surface area contributed by atoms with Crippen molar-refractivity contribution >= 4 is 11.4 Å². The molecule has 2 aliphatic carbocycles. The van der Waals surface area contributed by atoms with Gasteiger partial charge in [-0.3, -0.25) is 4.90 Å². The lowest BCUT2D eigenvalue weighted by Gasteiger charge is -2.41. The van der Waals surface area contributed by atoms with Crippen molar-refractivity contribution in [2.45, 2.75) is 25.3 Å². The summed E-state index contributed by atoms with van der Waals surface area (Å²) in [5.41, 5.74) is 2.39. The van der Waals surface area contributed by atoms with Crippen molar-refractivity contribution in [2.75, 3.05) is 31.1 Å². The molecule has 3 aliphatic rings. The molecule has 1 N–H and O–H groups in total. The molecular formula is C17H23N3O. The van der Waals surface area contributed by atoms with Gasteiger partial charge in [0.15, 0.2) is 0 Å². The SMILES string of the molecule is O/N=C1\[C@H]2CC[C@H](C2)[C@@H]1N1CCN(c2ccccc2)CC1. The standard InChI is InChI=1S/C17H23N3O/c21-18-16-13-6-7-14(12-13)17(16)20-10-8-19(9-11-20)15-4-2-1-3-5-15/h1-5,13-14,17,21H,6-12H2/b18-16+/t13-,14+,17-/m0/s1. The van der Waals surface area contributed by atoms with Crippen molar-refractivity contribution < 1.29 is 5.21 Å². The third kappa shape index (κ3) is 2.22. The van der Waals surface area contributed by atoms with Gasteiger partial charge in [0.25, 0.3) is 0 Å². The predicted molar refractivity (Wildman–Crippen MR) is 84.1 cm³/mol. The van der Waals surface area contributed by atoms with Gasteiger partial charge in [-0.25, -0.2) is 0 Å². The van der Waals surface area contributed by atoms with Crippen LogP contribution in [0.15, 0.2) is 35.5 Å². The number of fused-ring (bicyclic) bond motifs is 2. The molecule has 4 rings (SSSR count). The number of hydrogen-bond donors (Lipinski definition) is 1. The smallest absolute Gasteiger partial charge is 0.0775 e. The summed E-state index contributed by atoms with van der Waals surface area (Å²) < 4.78 is 0. The summed E-state index contributed by atoms with van der Waals surface area (Å²) in [6, 6.07) is 11.1. The summed E-state index contributed by atoms with van der Waals surface area (Å²) in [6.45, 7) is 4.27. The van der Waals surface area contributed by atoms with E-state index in [1.54, 1.807) is 0 Å². The summed E-state index contributed by atoms with van der Waals surface area (Å²) in [5, 5.41) is 13.0. The van der Waals surface area contributed by atoms with Crippen molar-refractivity contribution in [3.8, 4) is 0 Å². The number of rotatable bonds is 2. The zero-order valence-electron chi connectivity index (χ0n) is 12.4. The van der Waals surface area contributed by atoms with E-state index in [1.165, 1.54) is 24.9 Å². The molecular weight excluding hydrogens is 262 g/mol. The van der Waals surface area contributed by atoms with Crippen molar-refractivity contribution in [3.05, 3.63) is 30.3 Å². The van der Waals surface area contributed by atoms with E-state index in [0.29, 0.717) is 12.0 Å². The topological polar surface area (TPSA) is 39.1 Å². The maximum atomic E-state index is 9.37. The molecule has 4 nitrogen and oxygen atoms in total. The first-order valence-electron chi connectivity index (χ1n) is 8.12. The highest BCUT2D eigenvalue weighted by Crippen LogP contribution is 2.45. The fraction of sp³-hybridized carbons (Fsp3) is 0.588. The Morgan fingerprint density at radius 2 is 1.76 bits per heavy atom. The molecule has 1 heterocycles. The van der Waals surface area contributed by atoms with Crippen LogP contribution >= 0.6 is 0 Å². The molecule has 1 saturated heterocycles. The third-order valence-corrected chi connectivity index (χ3v) is 5.59. The highest BCUT2D eigenvalue weighted by atomic mass is 16.4. The fourth-order valence-corrected chi connectivity index (χ4v) is 4.58. The molecule has 112 valence electrons. The summed E-state index contributed by atoms with van der Waals surface area (Å²) in [4.78, 5) is 5.01. The Bertz CT molecular complexity index is 522. The minimum absolute atomic E-state index is 0.409. The Hall–Kier alpha value is -1.55. The van der Waals surface area contributed by atoms with Gasteiger partial charge in [-0.1, -0.05) is 23.4 Å². The number of para-hydroxylation sites is 1. The van der Waals surface area contributed by atoms with Crippen LogP contribution in [-0.2, 0) is 0 Å². The molecule has 21 heavy (non-hydrogen) atoms. The monoisotopic (exact) mass is 285 g/mol. The Labute approximate surface area is 126 Å². The van der Waals surface area contributed by atoms with E-state index in [9.17, 15) is 5.21 Å². The molecule has 2 saturated carbocycles. The number of anilines is 1. The minimum atomic E-state index is 0.409. The van der Waals surface area contributed by atoms with Crippen LogP contribution in [-0.4, -0.2) is 48.0 Å². The lowest BCUT2D eigenvalue weighted by atomic mass is 9.91. The highest BCUT2D eigenvalue weighted by Gasteiger charge is 2.48. The van der Waals surface area contributed by atoms with E-state index in [-0.39, 0.29) is 0 Å². The molecule has 1 aliphatic heterocycles. The van der Waals surface area contributed by atoms with E-state index in [0.717, 1.165) is 37.8 Å². The molecule has 3 fully saturated rings. The number of nitrogens with zero attached hydrogens (tertiary/aromatic N) is 3. The molecule has 0 aromatic heterocycles. The van der Waals surface area contributed by atoms with Crippen LogP contribution in [0.3, 0.4) is 0 Å². The van der Waals surface area contributed by atoms with E-state index in [4.69, 9.17) is 0 Å². The number of hydrogen-bond acceptors (Lipinski definition) is 4. The molecule has 1 aromatic carbocycles. The number of oxime groups is 1. The van der Waals surface area contributed by atoms with Crippen LogP contribution in [0.25, 0.3) is 0 Å². The maximum Gasteiger partial charge on any atom is 0.0775 e. The maximum absolute atomic E-state index is 9.37. The number of benzene rings is 1. The molecule has 1 aromatic rings. The zero-order valence-corrected chi connectivity index (χ0v) is 12.4. The Morgan fingerprint density at radius 3 is 2.48 bits per heavy atom. The second kappa shape index (κ2) is 5.34. The van der Waals surface area contributed by atoms with Gasteiger partial charge in [0.05, 0.1) is 11.8 Å². The molecule has 3 atom stereocenters. The Balaban J connectivity index is 1.44. The average Bonchev–Trinajstić information content (AvgIpc) is 3.16. The molecule has 0 unspecified atom stereocenters. The van der Waals surface area contributed by atoms with Crippen molar-refractivity contribution in [2.24, 2.45) is 17.0 Å². The zero-order chi connectivity index (χ0) is 14.2. The van der Waals surface area contributed by atoms with Gasteiger partial charge in [0.2, 0.25) is 0 Å². The second-order valence-corrected chi connectivity index (χ2v) is 6.60. The van der Waals surface area contributed by atoms with Gasteiger partial charge < -0.3 is 10.1 Å². The van der Waals surface area contributed by atoms with Crippen LogP contribution in [0.2, 0.25) is 0 Å². The number of piperazine rings is 1. The van der Waals surface area contributed by atoms with Crippen LogP contribution in [0.4, 0.5) is 5.69 Å². The van der Waals surface area contributed by atoms with E-state index in [1.807, 2.05) is 0 Å². The highest BCUT2D eigenvalue weighted by molar-refractivity contribution is 5.94. The molecule has 4 heteroatoms. The van der Waals surface area contributed by atoms with Gasteiger partial charge in [-0.05, 0) is 37.3 Å². The average molecular weight is 285 g/mol. The van der Waals surface area contributed by atoms with E-state index in [2.05, 4.69) is 45.3 Å². The Morgan fingerprint density at radius 1 is 1.00 bits per heavy atom. The van der Waals surface area contributed by atoms with Gasteiger partial charge in [-0.15, -0.1) is 0 Å². The summed E-state index contributed by atoms with van der Waals surface area (Å²) in [5.74, 6) is 1.28. The molecule has 0 spiro atoms. The normalized spacial score (nSPS) is 34.8. The second-order valence-electron chi connectivity index (χ2n) is 6.60. The summed E-state index contributed by atoms with van der Waals surface area (Å²) in [6.07, 6.45) is 3.78. The van der Waals surface area contributed by atoms with Crippen molar-refractivity contribution in [3.63, 3.8) is 0 Å². The first kappa shape index (κ1) is 13.1. The molecule has 2 bridgehead atoms. The third-order valence-electron chi connectivity index (χ3n) is 5.59. The summed E-state index contributed by atoms with van der Waals surface area (Å²) in [7, 11) is 0. The van der Waals surface area contributed by atoms with Gasteiger partial charge >= 0.3 is 0 Å². The summed E-state index contributed by atoms with van der Waals surface area (Å²) >= 11 is 0. The lowest BCUT2D eigenvalue weighted by Crippen LogP contribution is -2.54. The van der Waals surface area contributed by atoms with Gasteiger partial charge in [0, 0.05) is 37.8 Å². The van der Waals surface area contributed by atoms with E-state index >= 15 is 0 Å².